The lowest BCUT2D eigenvalue weighted by atomic mass is 9.78. The molecule has 0 aliphatic heterocycles. The van der Waals surface area contributed by atoms with Crippen LogP contribution in [-0.2, 0) is 11.3 Å². The maximum atomic E-state index is 10.9. The summed E-state index contributed by atoms with van der Waals surface area (Å²) in [7, 11) is 1.93. The topological polar surface area (TPSA) is 73.9 Å². The lowest BCUT2D eigenvalue weighted by molar-refractivity contribution is -0.145. The number of aliphatic hydroxyl groups is 1. The summed E-state index contributed by atoms with van der Waals surface area (Å²) in [6.07, 6.45) is 3.84. The van der Waals surface area contributed by atoms with E-state index in [1.807, 2.05) is 24.1 Å². The highest BCUT2D eigenvalue weighted by Crippen LogP contribution is 2.32. The Labute approximate surface area is 112 Å². The molecule has 2 N–H and O–H groups in total. The molecule has 106 valence electrons. The van der Waals surface area contributed by atoms with Gasteiger partial charge in [0, 0.05) is 6.54 Å². The van der Waals surface area contributed by atoms with Gasteiger partial charge >= 0.3 is 5.97 Å². The van der Waals surface area contributed by atoms with Crippen LogP contribution in [0.4, 0.5) is 0 Å². The second-order valence-corrected chi connectivity index (χ2v) is 5.59. The Bertz CT molecular complexity index is 407. The highest BCUT2D eigenvalue weighted by Gasteiger charge is 2.36. The molecule has 0 unspecified atom stereocenters. The van der Waals surface area contributed by atoms with Gasteiger partial charge in [0.1, 0.15) is 5.76 Å². The Morgan fingerprint density at radius 2 is 2.21 bits per heavy atom. The van der Waals surface area contributed by atoms with Gasteiger partial charge in [0.2, 0.25) is 0 Å². The molecule has 1 aromatic heterocycles. The number of rotatable bonds is 5. The number of likely N-dealkylation sites (N-methyl/N-ethyl adjacent to an activating group) is 1. The Morgan fingerprint density at radius 3 is 2.74 bits per heavy atom. The van der Waals surface area contributed by atoms with E-state index in [1.54, 1.807) is 6.26 Å². The lowest BCUT2D eigenvalue weighted by Gasteiger charge is -2.37. The molecule has 1 aromatic rings. The molecule has 0 bridgehead atoms. The molecule has 0 radical (unpaired) electrons. The molecule has 0 spiro atoms. The van der Waals surface area contributed by atoms with Gasteiger partial charge in [-0.3, -0.25) is 9.69 Å². The molecule has 5 heteroatoms. The van der Waals surface area contributed by atoms with Crippen molar-refractivity contribution in [3.05, 3.63) is 24.2 Å². The Balaban J connectivity index is 1.83. The van der Waals surface area contributed by atoms with Gasteiger partial charge in [-0.05, 0) is 44.9 Å². The average molecular weight is 267 g/mol. The number of furan rings is 1. The zero-order valence-electron chi connectivity index (χ0n) is 11.2. The molecule has 5 nitrogen and oxygen atoms in total. The number of carboxylic acids is 1. The van der Waals surface area contributed by atoms with Crippen LogP contribution in [0.2, 0.25) is 0 Å². The van der Waals surface area contributed by atoms with Crippen molar-refractivity contribution in [3.8, 4) is 0 Å². The van der Waals surface area contributed by atoms with Crippen molar-refractivity contribution in [2.24, 2.45) is 5.92 Å². The molecule has 19 heavy (non-hydrogen) atoms. The van der Waals surface area contributed by atoms with Crippen molar-refractivity contribution in [3.63, 3.8) is 0 Å². The van der Waals surface area contributed by atoms with Crippen LogP contribution in [0.1, 0.15) is 31.4 Å². The largest absolute Gasteiger partial charge is 0.481 e. The van der Waals surface area contributed by atoms with Crippen LogP contribution < -0.4 is 0 Å². The molecule has 1 aliphatic rings. The zero-order valence-corrected chi connectivity index (χ0v) is 11.2. The van der Waals surface area contributed by atoms with Crippen LogP contribution >= 0.6 is 0 Å². The second kappa shape index (κ2) is 5.75. The molecule has 0 atom stereocenters. The quantitative estimate of drug-likeness (QED) is 0.849. The van der Waals surface area contributed by atoms with E-state index in [4.69, 9.17) is 9.52 Å². The van der Waals surface area contributed by atoms with E-state index in [0.29, 0.717) is 38.8 Å². The second-order valence-electron chi connectivity index (χ2n) is 5.59. The van der Waals surface area contributed by atoms with Crippen LogP contribution in [0.5, 0.6) is 0 Å². The third-order valence-electron chi connectivity index (χ3n) is 3.84. The van der Waals surface area contributed by atoms with Crippen LogP contribution in [0, 0.1) is 5.92 Å². The van der Waals surface area contributed by atoms with Gasteiger partial charge in [-0.1, -0.05) is 0 Å². The summed E-state index contributed by atoms with van der Waals surface area (Å²) in [5.74, 6) is -0.174. The highest BCUT2D eigenvalue weighted by atomic mass is 16.4. The van der Waals surface area contributed by atoms with Crippen molar-refractivity contribution >= 4 is 5.97 Å². The fourth-order valence-electron chi connectivity index (χ4n) is 2.79. The predicted octanol–water partition coefficient (Wildman–Crippen LogP) is 1.72. The normalized spacial score (nSPS) is 27.6. The van der Waals surface area contributed by atoms with Crippen LogP contribution in [-0.4, -0.2) is 40.3 Å². The minimum Gasteiger partial charge on any atom is -0.481 e. The summed E-state index contributed by atoms with van der Waals surface area (Å²) in [5, 5.41) is 19.5. The standard InChI is InChI=1S/C14H21NO4/c1-15(9-12-3-2-8-19-12)10-14(18)6-4-11(5-7-14)13(16)17/h2-3,8,11,18H,4-7,9-10H2,1H3,(H,16,17). The summed E-state index contributed by atoms with van der Waals surface area (Å²) < 4.78 is 5.27. The first-order valence-electron chi connectivity index (χ1n) is 6.65. The Hall–Kier alpha value is -1.33. The molecule has 1 saturated carbocycles. The summed E-state index contributed by atoms with van der Waals surface area (Å²) in [6, 6.07) is 3.75. The smallest absolute Gasteiger partial charge is 0.306 e. The molecule has 1 heterocycles. The van der Waals surface area contributed by atoms with E-state index in [2.05, 4.69) is 0 Å². The SMILES string of the molecule is CN(Cc1ccco1)CC1(O)CCC(C(=O)O)CC1. The number of carbonyl (C=O) groups is 1. The molecule has 2 rings (SSSR count). The number of hydrogen-bond donors (Lipinski definition) is 2. The average Bonchev–Trinajstić information content (AvgIpc) is 2.81. The van der Waals surface area contributed by atoms with E-state index in [1.165, 1.54) is 0 Å². The van der Waals surface area contributed by atoms with E-state index in [-0.39, 0.29) is 5.92 Å². The Morgan fingerprint density at radius 1 is 1.53 bits per heavy atom. The first-order chi connectivity index (χ1) is 8.98. The van der Waals surface area contributed by atoms with Crippen LogP contribution in [0.15, 0.2) is 22.8 Å². The van der Waals surface area contributed by atoms with Gasteiger partial charge < -0.3 is 14.6 Å². The van der Waals surface area contributed by atoms with Crippen molar-refractivity contribution in [1.82, 2.24) is 4.90 Å². The summed E-state index contributed by atoms with van der Waals surface area (Å²) >= 11 is 0. The monoisotopic (exact) mass is 267 g/mol. The molecule has 1 aliphatic carbocycles. The lowest BCUT2D eigenvalue weighted by Crippen LogP contribution is -2.44. The summed E-state index contributed by atoms with van der Waals surface area (Å²) in [5.41, 5.74) is -0.771. The highest BCUT2D eigenvalue weighted by molar-refractivity contribution is 5.70. The third kappa shape index (κ3) is 3.81. The molecular weight excluding hydrogens is 246 g/mol. The van der Waals surface area contributed by atoms with Crippen LogP contribution in [0.3, 0.4) is 0 Å². The molecular formula is C14H21NO4. The van der Waals surface area contributed by atoms with Crippen molar-refractivity contribution in [1.29, 1.82) is 0 Å². The molecule has 0 amide bonds. The van der Waals surface area contributed by atoms with Gasteiger partial charge in [-0.15, -0.1) is 0 Å². The summed E-state index contributed by atoms with van der Waals surface area (Å²) in [4.78, 5) is 12.9. The minimum atomic E-state index is -0.771. The predicted molar refractivity (Wildman–Crippen MR) is 69.6 cm³/mol. The van der Waals surface area contributed by atoms with Crippen LogP contribution in [0.25, 0.3) is 0 Å². The van der Waals surface area contributed by atoms with Gasteiger partial charge in [-0.25, -0.2) is 0 Å². The van der Waals surface area contributed by atoms with Crippen molar-refractivity contribution in [2.45, 2.75) is 37.8 Å². The van der Waals surface area contributed by atoms with E-state index in [9.17, 15) is 9.90 Å². The molecule has 0 saturated heterocycles. The fourth-order valence-corrected chi connectivity index (χ4v) is 2.79. The summed E-state index contributed by atoms with van der Waals surface area (Å²) in [6.45, 7) is 1.19. The van der Waals surface area contributed by atoms with E-state index < -0.39 is 11.6 Å². The maximum Gasteiger partial charge on any atom is 0.306 e. The van der Waals surface area contributed by atoms with Crippen molar-refractivity contribution in [2.75, 3.05) is 13.6 Å². The first kappa shape index (κ1) is 14.1. The molecule has 1 fully saturated rings. The zero-order chi connectivity index (χ0) is 13.9. The van der Waals surface area contributed by atoms with Gasteiger partial charge in [-0.2, -0.15) is 0 Å². The first-order valence-corrected chi connectivity index (χ1v) is 6.65. The fraction of sp³-hybridized carbons (Fsp3) is 0.643. The minimum absolute atomic E-state index is 0.296. The van der Waals surface area contributed by atoms with Gasteiger partial charge in [0.15, 0.2) is 0 Å². The third-order valence-corrected chi connectivity index (χ3v) is 3.84. The van der Waals surface area contributed by atoms with Gasteiger partial charge in [0.05, 0.1) is 24.3 Å². The van der Waals surface area contributed by atoms with Gasteiger partial charge in [0.25, 0.3) is 0 Å². The maximum absolute atomic E-state index is 10.9. The number of hydrogen-bond acceptors (Lipinski definition) is 4. The number of aliphatic carboxylic acids is 1. The molecule has 0 aromatic carbocycles. The van der Waals surface area contributed by atoms with E-state index >= 15 is 0 Å². The van der Waals surface area contributed by atoms with Crippen molar-refractivity contribution < 1.29 is 19.4 Å². The van der Waals surface area contributed by atoms with E-state index in [0.717, 1.165) is 5.76 Å². The Kier molecular flexibility index (Phi) is 4.27. The number of carboxylic acid groups (broad SMARTS) is 1. The number of nitrogens with zero attached hydrogens (tertiary/aromatic N) is 1.